The van der Waals surface area contributed by atoms with Gasteiger partial charge in [-0.2, -0.15) is 0 Å². The SMILES string of the molecule is Cc1nc(-c2cccc(C(=O)NC3CCC(O)CC3)c2)cs1. The second kappa shape index (κ2) is 6.58. The largest absolute Gasteiger partial charge is 0.393 e. The maximum atomic E-state index is 12.4. The zero-order valence-corrected chi connectivity index (χ0v) is 13.4. The number of benzene rings is 1. The van der Waals surface area contributed by atoms with Gasteiger partial charge in [-0.3, -0.25) is 4.79 Å². The molecule has 5 heteroatoms. The Hall–Kier alpha value is -1.72. The van der Waals surface area contributed by atoms with Gasteiger partial charge in [-0.05, 0) is 44.7 Å². The van der Waals surface area contributed by atoms with Crippen LogP contribution in [0.25, 0.3) is 11.3 Å². The number of rotatable bonds is 3. The van der Waals surface area contributed by atoms with E-state index in [1.165, 1.54) is 0 Å². The van der Waals surface area contributed by atoms with Gasteiger partial charge >= 0.3 is 0 Å². The summed E-state index contributed by atoms with van der Waals surface area (Å²) >= 11 is 1.61. The van der Waals surface area contributed by atoms with Crippen molar-refractivity contribution in [1.82, 2.24) is 10.3 Å². The molecule has 2 N–H and O–H groups in total. The molecule has 0 unspecified atom stereocenters. The Kier molecular flexibility index (Phi) is 4.55. The number of aliphatic hydroxyl groups excluding tert-OH is 1. The molecule has 2 aromatic rings. The number of nitrogens with zero attached hydrogens (tertiary/aromatic N) is 1. The number of nitrogens with one attached hydrogen (secondary N) is 1. The third kappa shape index (κ3) is 3.54. The van der Waals surface area contributed by atoms with Gasteiger partial charge in [0.05, 0.1) is 16.8 Å². The zero-order valence-electron chi connectivity index (χ0n) is 12.6. The Morgan fingerprint density at radius 1 is 1.32 bits per heavy atom. The molecule has 116 valence electrons. The van der Waals surface area contributed by atoms with E-state index >= 15 is 0 Å². The van der Waals surface area contributed by atoms with Crippen molar-refractivity contribution in [2.45, 2.75) is 44.8 Å². The van der Waals surface area contributed by atoms with Crippen molar-refractivity contribution >= 4 is 17.2 Å². The van der Waals surface area contributed by atoms with Gasteiger partial charge in [0.15, 0.2) is 0 Å². The molecular weight excluding hydrogens is 296 g/mol. The number of aliphatic hydroxyl groups is 1. The van der Waals surface area contributed by atoms with E-state index in [0.717, 1.165) is 41.9 Å². The lowest BCUT2D eigenvalue weighted by Crippen LogP contribution is -2.38. The Bertz CT molecular complexity index is 660. The first-order valence-electron chi connectivity index (χ1n) is 7.63. The Labute approximate surface area is 134 Å². The molecule has 4 nitrogen and oxygen atoms in total. The van der Waals surface area contributed by atoms with E-state index < -0.39 is 0 Å². The standard InChI is InChI=1S/C17H20N2O2S/c1-11-18-16(10-22-11)12-3-2-4-13(9-12)17(21)19-14-5-7-15(20)8-6-14/h2-4,9-10,14-15,20H,5-8H2,1H3,(H,19,21). The summed E-state index contributed by atoms with van der Waals surface area (Å²) in [5.41, 5.74) is 2.54. The summed E-state index contributed by atoms with van der Waals surface area (Å²) in [6, 6.07) is 7.75. The number of aromatic nitrogens is 1. The van der Waals surface area contributed by atoms with Crippen LogP contribution in [0, 0.1) is 6.92 Å². The van der Waals surface area contributed by atoms with Crippen LogP contribution in [0.4, 0.5) is 0 Å². The zero-order chi connectivity index (χ0) is 15.5. The first-order valence-corrected chi connectivity index (χ1v) is 8.51. The van der Waals surface area contributed by atoms with Gasteiger partial charge in [-0.25, -0.2) is 4.98 Å². The van der Waals surface area contributed by atoms with E-state index in [1.54, 1.807) is 11.3 Å². The Morgan fingerprint density at radius 3 is 2.77 bits per heavy atom. The van der Waals surface area contributed by atoms with E-state index in [1.807, 2.05) is 36.6 Å². The molecule has 1 amide bonds. The van der Waals surface area contributed by atoms with Gasteiger partial charge in [0.25, 0.3) is 5.91 Å². The number of hydrogen-bond donors (Lipinski definition) is 2. The van der Waals surface area contributed by atoms with Crippen molar-refractivity contribution in [2.75, 3.05) is 0 Å². The van der Waals surface area contributed by atoms with Crippen LogP contribution in [0.5, 0.6) is 0 Å². The highest BCUT2D eigenvalue weighted by Crippen LogP contribution is 2.23. The third-order valence-corrected chi connectivity index (χ3v) is 4.84. The topological polar surface area (TPSA) is 62.2 Å². The summed E-state index contributed by atoms with van der Waals surface area (Å²) in [5, 5.41) is 15.6. The average Bonchev–Trinajstić information content (AvgIpc) is 2.96. The monoisotopic (exact) mass is 316 g/mol. The Balaban J connectivity index is 1.70. The molecule has 1 fully saturated rings. The van der Waals surface area contributed by atoms with E-state index in [0.29, 0.717) is 5.56 Å². The number of carbonyl (C=O) groups is 1. The second-order valence-corrected chi connectivity index (χ2v) is 6.87. The quantitative estimate of drug-likeness (QED) is 0.914. The van der Waals surface area contributed by atoms with Crippen LogP contribution in [0.1, 0.15) is 41.0 Å². The predicted molar refractivity (Wildman–Crippen MR) is 88.0 cm³/mol. The molecule has 1 heterocycles. The summed E-state index contributed by atoms with van der Waals surface area (Å²) < 4.78 is 0. The first kappa shape index (κ1) is 15.2. The molecule has 1 aliphatic carbocycles. The van der Waals surface area contributed by atoms with Gasteiger partial charge < -0.3 is 10.4 Å². The van der Waals surface area contributed by atoms with Crippen LogP contribution in [-0.2, 0) is 0 Å². The molecule has 0 bridgehead atoms. The van der Waals surface area contributed by atoms with E-state index in [9.17, 15) is 9.90 Å². The first-order chi connectivity index (χ1) is 10.6. The van der Waals surface area contributed by atoms with Crippen LogP contribution in [0.3, 0.4) is 0 Å². The summed E-state index contributed by atoms with van der Waals surface area (Å²) in [6.07, 6.45) is 3.02. The van der Waals surface area contributed by atoms with Gasteiger partial charge in [0.1, 0.15) is 0 Å². The molecule has 1 aromatic heterocycles. The van der Waals surface area contributed by atoms with Gasteiger partial charge in [-0.1, -0.05) is 12.1 Å². The second-order valence-electron chi connectivity index (χ2n) is 5.81. The molecule has 22 heavy (non-hydrogen) atoms. The van der Waals surface area contributed by atoms with Crippen molar-refractivity contribution < 1.29 is 9.90 Å². The highest BCUT2D eigenvalue weighted by molar-refractivity contribution is 7.09. The van der Waals surface area contributed by atoms with Crippen LogP contribution in [-0.4, -0.2) is 28.1 Å². The molecule has 0 aliphatic heterocycles. The molecule has 1 aliphatic rings. The van der Waals surface area contributed by atoms with Gasteiger partial charge in [0.2, 0.25) is 0 Å². The van der Waals surface area contributed by atoms with Crippen LogP contribution in [0.2, 0.25) is 0 Å². The average molecular weight is 316 g/mol. The van der Waals surface area contributed by atoms with Gasteiger partial charge in [0, 0.05) is 22.5 Å². The van der Waals surface area contributed by atoms with Crippen molar-refractivity contribution in [1.29, 1.82) is 0 Å². The van der Waals surface area contributed by atoms with Gasteiger partial charge in [-0.15, -0.1) is 11.3 Å². The van der Waals surface area contributed by atoms with E-state index in [4.69, 9.17) is 0 Å². The van der Waals surface area contributed by atoms with Crippen LogP contribution >= 0.6 is 11.3 Å². The van der Waals surface area contributed by atoms with Crippen molar-refractivity contribution in [2.24, 2.45) is 0 Å². The smallest absolute Gasteiger partial charge is 0.251 e. The molecule has 3 rings (SSSR count). The maximum absolute atomic E-state index is 12.4. The minimum atomic E-state index is -0.204. The maximum Gasteiger partial charge on any atom is 0.251 e. The summed E-state index contributed by atoms with van der Waals surface area (Å²) in [6.45, 7) is 1.97. The lowest BCUT2D eigenvalue weighted by molar-refractivity contribution is 0.0867. The molecular formula is C17H20N2O2S. The fraction of sp³-hybridized carbons (Fsp3) is 0.412. The normalized spacial score (nSPS) is 21.5. The Morgan fingerprint density at radius 2 is 2.09 bits per heavy atom. The lowest BCUT2D eigenvalue weighted by Gasteiger charge is -2.26. The summed E-state index contributed by atoms with van der Waals surface area (Å²) in [4.78, 5) is 16.9. The molecule has 0 saturated heterocycles. The van der Waals surface area contributed by atoms with Crippen LogP contribution < -0.4 is 5.32 Å². The molecule has 0 spiro atoms. The number of aryl methyl sites for hydroxylation is 1. The van der Waals surface area contributed by atoms with Crippen LogP contribution in [0.15, 0.2) is 29.6 Å². The minimum absolute atomic E-state index is 0.0461. The number of amides is 1. The fourth-order valence-corrected chi connectivity index (χ4v) is 3.43. The third-order valence-electron chi connectivity index (χ3n) is 4.07. The van der Waals surface area contributed by atoms with E-state index in [-0.39, 0.29) is 18.1 Å². The lowest BCUT2D eigenvalue weighted by atomic mass is 9.93. The van der Waals surface area contributed by atoms with Crippen molar-refractivity contribution in [3.05, 3.63) is 40.2 Å². The molecule has 1 aromatic carbocycles. The number of hydrogen-bond acceptors (Lipinski definition) is 4. The highest BCUT2D eigenvalue weighted by atomic mass is 32.1. The molecule has 1 saturated carbocycles. The number of thiazole rings is 1. The summed E-state index contributed by atoms with van der Waals surface area (Å²) in [5.74, 6) is -0.0461. The minimum Gasteiger partial charge on any atom is -0.393 e. The van der Waals surface area contributed by atoms with E-state index in [2.05, 4.69) is 10.3 Å². The summed E-state index contributed by atoms with van der Waals surface area (Å²) in [7, 11) is 0. The highest BCUT2D eigenvalue weighted by Gasteiger charge is 2.21. The fourth-order valence-electron chi connectivity index (χ4n) is 2.80. The molecule has 0 atom stereocenters. The molecule has 0 radical (unpaired) electrons. The number of carbonyl (C=O) groups excluding carboxylic acids is 1. The predicted octanol–water partition coefficient (Wildman–Crippen LogP) is 3.15. The van der Waals surface area contributed by atoms with Crippen molar-refractivity contribution in [3.63, 3.8) is 0 Å². The van der Waals surface area contributed by atoms with Crippen molar-refractivity contribution in [3.8, 4) is 11.3 Å².